The van der Waals surface area contributed by atoms with Crippen LogP contribution in [0.4, 0.5) is 0 Å². The number of halogens is 3. The number of phenolic OH excluding ortho intramolecular Hbond substituents is 1. The van der Waals surface area contributed by atoms with Gasteiger partial charge in [0, 0.05) is 5.02 Å². The minimum Gasteiger partial charge on any atom is -0.507 e. The van der Waals surface area contributed by atoms with Crippen LogP contribution in [0.2, 0.25) is 15.1 Å². The number of phenols is 1. The maximum atomic E-state index is 10.1. The SMILES string of the molecule is CCCCc1ccc(C)c(O)c1CCCC.Clc1ccc(Cl)c(Cl)c1. The van der Waals surface area contributed by atoms with Crippen molar-refractivity contribution in [1.82, 2.24) is 0 Å². The molecule has 0 aliphatic rings. The van der Waals surface area contributed by atoms with Gasteiger partial charge < -0.3 is 5.11 Å². The van der Waals surface area contributed by atoms with E-state index in [1.54, 1.807) is 18.2 Å². The van der Waals surface area contributed by atoms with Gasteiger partial charge in [0.25, 0.3) is 0 Å². The highest BCUT2D eigenvalue weighted by Crippen LogP contribution is 2.28. The van der Waals surface area contributed by atoms with Crippen molar-refractivity contribution in [1.29, 1.82) is 0 Å². The van der Waals surface area contributed by atoms with Crippen LogP contribution in [0.5, 0.6) is 5.75 Å². The van der Waals surface area contributed by atoms with Crippen molar-refractivity contribution >= 4 is 34.8 Å². The predicted molar refractivity (Wildman–Crippen MR) is 112 cm³/mol. The van der Waals surface area contributed by atoms with E-state index in [2.05, 4.69) is 19.9 Å². The maximum absolute atomic E-state index is 10.1. The molecule has 0 spiro atoms. The lowest BCUT2D eigenvalue weighted by Crippen LogP contribution is -1.97. The largest absolute Gasteiger partial charge is 0.507 e. The normalized spacial score (nSPS) is 10.3. The molecule has 0 bridgehead atoms. The van der Waals surface area contributed by atoms with Gasteiger partial charge in [0.1, 0.15) is 5.75 Å². The quantitative estimate of drug-likeness (QED) is 0.485. The van der Waals surface area contributed by atoms with Crippen molar-refractivity contribution in [2.24, 2.45) is 0 Å². The molecule has 0 unspecified atom stereocenters. The Morgan fingerprint density at radius 3 is 2.04 bits per heavy atom. The van der Waals surface area contributed by atoms with E-state index in [4.69, 9.17) is 34.8 Å². The fraction of sp³-hybridized carbons (Fsp3) is 0.429. The number of rotatable bonds is 6. The zero-order valence-corrected chi connectivity index (χ0v) is 17.5. The van der Waals surface area contributed by atoms with Crippen molar-refractivity contribution in [3.05, 3.63) is 62.1 Å². The smallest absolute Gasteiger partial charge is 0.121 e. The summed E-state index contributed by atoms with van der Waals surface area (Å²) in [6, 6.07) is 9.18. The highest BCUT2D eigenvalue weighted by molar-refractivity contribution is 6.43. The van der Waals surface area contributed by atoms with E-state index in [-0.39, 0.29) is 0 Å². The summed E-state index contributed by atoms with van der Waals surface area (Å²) in [6.45, 7) is 6.38. The van der Waals surface area contributed by atoms with Gasteiger partial charge in [-0.3, -0.25) is 0 Å². The van der Waals surface area contributed by atoms with Crippen molar-refractivity contribution < 1.29 is 5.11 Å². The lowest BCUT2D eigenvalue weighted by Gasteiger charge is -2.13. The van der Waals surface area contributed by atoms with Gasteiger partial charge in [0.15, 0.2) is 0 Å². The molecule has 0 aliphatic heterocycles. The number of aromatic hydroxyl groups is 1. The van der Waals surface area contributed by atoms with Gasteiger partial charge in [-0.15, -0.1) is 0 Å². The first-order chi connectivity index (χ1) is 11.9. The molecule has 1 N–H and O–H groups in total. The molecule has 0 saturated heterocycles. The summed E-state index contributed by atoms with van der Waals surface area (Å²) in [7, 11) is 0. The number of unbranched alkanes of at least 4 members (excludes halogenated alkanes) is 2. The first-order valence-electron chi connectivity index (χ1n) is 8.81. The topological polar surface area (TPSA) is 20.2 Å². The summed E-state index contributed by atoms with van der Waals surface area (Å²) in [6.07, 6.45) is 6.88. The molecular formula is C21H27Cl3O. The third kappa shape index (κ3) is 7.48. The molecule has 0 aromatic heterocycles. The molecule has 4 heteroatoms. The lowest BCUT2D eigenvalue weighted by atomic mass is 9.95. The van der Waals surface area contributed by atoms with E-state index in [0.29, 0.717) is 20.8 Å². The zero-order valence-electron chi connectivity index (χ0n) is 15.2. The fourth-order valence-corrected chi connectivity index (χ4v) is 3.03. The lowest BCUT2D eigenvalue weighted by molar-refractivity contribution is 0.461. The van der Waals surface area contributed by atoms with Crippen LogP contribution < -0.4 is 0 Å². The molecule has 0 atom stereocenters. The summed E-state index contributed by atoms with van der Waals surface area (Å²) in [4.78, 5) is 0. The highest BCUT2D eigenvalue weighted by Gasteiger charge is 2.09. The van der Waals surface area contributed by atoms with Crippen LogP contribution in [-0.2, 0) is 12.8 Å². The molecule has 0 heterocycles. The second-order valence-corrected chi connectivity index (χ2v) is 7.39. The summed E-state index contributed by atoms with van der Waals surface area (Å²) in [5.74, 6) is 0.530. The van der Waals surface area contributed by atoms with Crippen LogP contribution in [0.1, 0.15) is 56.2 Å². The molecule has 0 saturated carbocycles. The minimum absolute atomic E-state index is 0.490. The van der Waals surface area contributed by atoms with Crippen LogP contribution in [0.15, 0.2) is 30.3 Å². The van der Waals surface area contributed by atoms with Gasteiger partial charge in [-0.25, -0.2) is 0 Å². The molecule has 0 amide bonds. The molecule has 25 heavy (non-hydrogen) atoms. The Hall–Kier alpha value is -0.890. The van der Waals surface area contributed by atoms with Crippen LogP contribution in [0.3, 0.4) is 0 Å². The number of benzene rings is 2. The Bertz CT molecular complexity index is 668. The van der Waals surface area contributed by atoms with Gasteiger partial charge in [0.05, 0.1) is 10.0 Å². The predicted octanol–water partition coefficient (Wildman–Crippen LogP) is 8.03. The molecule has 0 fully saturated rings. The first-order valence-corrected chi connectivity index (χ1v) is 9.94. The highest BCUT2D eigenvalue weighted by atomic mass is 35.5. The van der Waals surface area contributed by atoms with Crippen molar-refractivity contribution in [3.63, 3.8) is 0 Å². The first kappa shape index (κ1) is 22.2. The second kappa shape index (κ2) is 11.7. The molecule has 0 radical (unpaired) electrons. The van der Waals surface area contributed by atoms with E-state index in [1.165, 1.54) is 30.4 Å². The standard InChI is InChI=1S/C15H24O.C6H3Cl3/c1-4-6-8-13-11-10-12(3)15(16)14(13)9-7-5-2;7-4-1-2-5(8)6(9)3-4/h10-11,16H,4-9H2,1-3H3;1-3H. The van der Waals surface area contributed by atoms with Crippen LogP contribution in [-0.4, -0.2) is 5.11 Å². The number of hydrogen-bond donors (Lipinski definition) is 1. The fourth-order valence-electron chi connectivity index (χ4n) is 2.50. The second-order valence-electron chi connectivity index (χ2n) is 6.13. The number of hydrogen-bond acceptors (Lipinski definition) is 1. The molecule has 2 rings (SSSR count). The molecule has 138 valence electrons. The maximum Gasteiger partial charge on any atom is 0.121 e. The number of aryl methyl sites for hydroxylation is 2. The van der Waals surface area contributed by atoms with Crippen molar-refractivity contribution in [2.45, 2.75) is 59.3 Å². The van der Waals surface area contributed by atoms with Crippen LogP contribution >= 0.6 is 34.8 Å². The molecular weight excluding hydrogens is 375 g/mol. The zero-order chi connectivity index (χ0) is 18.8. The molecule has 2 aromatic rings. The molecule has 1 nitrogen and oxygen atoms in total. The average molecular weight is 402 g/mol. The summed E-state index contributed by atoms with van der Waals surface area (Å²) < 4.78 is 0. The van der Waals surface area contributed by atoms with E-state index < -0.39 is 0 Å². The van der Waals surface area contributed by atoms with Crippen molar-refractivity contribution in [2.75, 3.05) is 0 Å². The van der Waals surface area contributed by atoms with Crippen molar-refractivity contribution in [3.8, 4) is 5.75 Å². The summed E-state index contributed by atoms with van der Waals surface area (Å²) in [5, 5.41) is 11.7. The minimum atomic E-state index is 0.490. The Kier molecular flexibility index (Phi) is 10.3. The van der Waals surface area contributed by atoms with Crippen LogP contribution in [0.25, 0.3) is 0 Å². The molecule has 2 aromatic carbocycles. The van der Waals surface area contributed by atoms with E-state index in [0.717, 1.165) is 24.8 Å². The third-order valence-corrected chi connectivity index (χ3v) is 5.02. The van der Waals surface area contributed by atoms with E-state index in [9.17, 15) is 5.11 Å². The van der Waals surface area contributed by atoms with E-state index >= 15 is 0 Å². The molecule has 0 aliphatic carbocycles. The Balaban J connectivity index is 0.000000293. The van der Waals surface area contributed by atoms with Crippen LogP contribution in [0, 0.1) is 6.92 Å². The van der Waals surface area contributed by atoms with Gasteiger partial charge in [-0.2, -0.15) is 0 Å². The van der Waals surface area contributed by atoms with E-state index in [1.807, 2.05) is 13.0 Å². The average Bonchev–Trinajstić information content (AvgIpc) is 2.59. The van der Waals surface area contributed by atoms with Gasteiger partial charge in [0.2, 0.25) is 0 Å². The Morgan fingerprint density at radius 1 is 0.840 bits per heavy atom. The van der Waals surface area contributed by atoms with Gasteiger partial charge in [-0.1, -0.05) is 73.6 Å². The Labute approximate surface area is 166 Å². The Morgan fingerprint density at radius 2 is 1.48 bits per heavy atom. The van der Waals surface area contributed by atoms with Gasteiger partial charge in [-0.05, 0) is 67.5 Å². The third-order valence-electron chi connectivity index (χ3n) is 4.04. The summed E-state index contributed by atoms with van der Waals surface area (Å²) >= 11 is 16.8. The monoisotopic (exact) mass is 400 g/mol. The van der Waals surface area contributed by atoms with Gasteiger partial charge >= 0.3 is 0 Å². The summed E-state index contributed by atoms with van der Waals surface area (Å²) in [5.41, 5.74) is 3.54.